The summed E-state index contributed by atoms with van der Waals surface area (Å²) in [4.78, 5) is 13.4. The largest absolute Gasteiger partial charge is 0.493 e. The molecule has 3 atom stereocenters. The summed E-state index contributed by atoms with van der Waals surface area (Å²) >= 11 is 0. The number of halogens is 6. The predicted molar refractivity (Wildman–Crippen MR) is 120 cm³/mol. The van der Waals surface area contributed by atoms with E-state index in [1.165, 1.54) is 17.0 Å². The van der Waals surface area contributed by atoms with E-state index < -0.39 is 30.4 Å². The third-order valence-electron chi connectivity index (χ3n) is 7.51. The first-order chi connectivity index (χ1) is 17.0. The molecule has 0 aromatic heterocycles. The van der Waals surface area contributed by atoms with Gasteiger partial charge in [0.25, 0.3) is 5.91 Å². The molecule has 2 unspecified atom stereocenters. The van der Waals surface area contributed by atoms with E-state index in [1.54, 1.807) is 6.07 Å². The molecule has 3 aliphatic rings. The zero-order chi connectivity index (χ0) is 25.9. The number of benzene rings is 1. The summed E-state index contributed by atoms with van der Waals surface area (Å²) in [5, 5.41) is 2.69. The van der Waals surface area contributed by atoms with Gasteiger partial charge in [0.1, 0.15) is 11.6 Å². The molecule has 202 valence electrons. The summed E-state index contributed by atoms with van der Waals surface area (Å²) in [6.45, 7) is 0.595. The van der Waals surface area contributed by atoms with Gasteiger partial charge in [0, 0.05) is 19.2 Å². The minimum Gasteiger partial charge on any atom is -0.493 e. The van der Waals surface area contributed by atoms with Crippen molar-refractivity contribution in [2.75, 3.05) is 39.4 Å². The molecule has 0 spiro atoms. The molecule has 1 amide bonds. The Morgan fingerprint density at radius 3 is 2.53 bits per heavy atom. The molecule has 0 radical (unpaired) electrons. The van der Waals surface area contributed by atoms with Crippen LogP contribution in [0.15, 0.2) is 18.2 Å². The fraction of sp³-hybridized carbons (Fsp3) is 0.720. The van der Waals surface area contributed by atoms with Gasteiger partial charge in [-0.3, -0.25) is 9.69 Å². The van der Waals surface area contributed by atoms with E-state index in [2.05, 4.69) is 5.32 Å². The smallest absolute Gasteiger partial charge is 0.454 e. The maximum absolute atomic E-state index is 14.4. The minimum absolute atomic E-state index is 0.0300. The van der Waals surface area contributed by atoms with Crippen LogP contribution in [0.25, 0.3) is 0 Å². The Labute approximate surface area is 206 Å². The molecular weight excluding hydrogens is 490 g/mol. The lowest BCUT2D eigenvalue weighted by Gasteiger charge is -2.34. The molecule has 36 heavy (non-hydrogen) atoms. The highest BCUT2D eigenvalue weighted by molar-refractivity contribution is 5.94. The molecular formula is C25H32F6N2O3. The number of ether oxygens (including phenoxy) is 2. The van der Waals surface area contributed by atoms with Crippen molar-refractivity contribution in [2.45, 2.75) is 56.7 Å². The van der Waals surface area contributed by atoms with E-state index in [0.717, 1.165) is 25.7 Å². The van der Waals surface area contributed by atoms with Crippen LogP contribution in [0.2, 0.25) is 0 Å². The molecule has 2 heterocycles. The molecule has 3 fully saturated rings. The Kier molecular flexibility index (Phi) is 8.38. The van der Waals surface area contributed by atoms with Crippen molar-refractivity contribution in [3.05, 3.63) is 29.6 Å². The van der Waals surface area contributed by atoms with Gasteiger partial charge in [0.05, 0.1) is 24.8 Å². The lowest BCUT2D eigenvalue weighted by molar-refractivity contribution is -0.287. The molecule has 11 heteroatoms. The molecule has 0 bridgehead atoms. The average Bonchev–Trinajstić information content (AvgIpc) is 3.38. The van der Waals surface area contributed by atoms with Crippen LogP contribution in [0.1, 0.15) is 48.9 Å². The topological polar surface area (TPSA) is 50.8 Å². The lowest BCUT2D eigenvalue weighted by atomic mass is 9.90. The highest BCUT2D eigenvalue weighted by atomic mass is 19.4. The van der Waals surface area contributed by atoms with E-state index in [0.29, 0.717) is 56.1 Å². The number of amides is 1. The van der Waals surface area contributed by atoms with E-state index in [9.17, 15) is 31.1 Å². The molecule has 1 aliphatic carbocycles. The minimum atomic E-state index is -5.52. The van der Waals surface area contributed by atoms with Gasteiger partial charge in [-0.25, -0.2) is 4.39 Å². The Morgan fingerprint density at radius 2 is 1.89 bits per heavy atom. The van der Waals surface area contributed by atoms with Gasteiger partial charge in [-0.2, -0.15) is 22.0 Å². The number of likely N-dealkylation sites (tertiary alicyclic amines) is 1. The van der Waals surface area contributed by atoms with Gasteiger partial charge < -0.3 is 14.8 Å². The van der Waals surface area contributed by atoms with Gasteiger partial charge in [-0.1, -0.05) is 0 Å². The van der Waals surface area contributed by atoms with Gasteiger partial charge in [-0.15, -0.1) is 0 Å². The predicted octanol–water partition coefficient (Wildman–Crippen LogP) is 5.05. The number of hydrogen-bond donors (Lipinski definition) is 1. The fourth-order valence-electron chi connectivity index (χ4n) is 5.29. The summed E-state index contributed by atoms with van der Waals surface area (Å²) < 4.78 is 89.4. The lowest BCUT2D eigenvalue weighted by Crippen LogP contribution is -2.49. The molecule has 5 nitrogen and oxygen atoms in total. The Balaban J connectivity index is 1.14. The van der Waals surface area contributed by atoms with Crippen molar-refractivity contribution >= 4 is 5.91 Å². The molecule has 1 saturated carbocycles. The summed E-state index contributed by atoms with van der Waals surface area (Å²) in [5.41, 5.74) is -0.0538. The molecule has 4 rings (SSSR count). The fourth-order valence-corrected chi connectivity index (χ4v) is 5.29. The monoisotopic (exact) mass is 522 g/mol. The van der Waals surface area contributed by atoms with Crippen LogP contribution >= 0.6 is 0 Å². The summed E-state index contributed by atoms with van der Waals surface area (Å²) in [6, 6.07) is 4.14. The maximum Gasteiger partial charge on any atom is 0.454 e. The second-order valence-electron chi connectivity index (χ2n) is 10.1. The van der Waals surface area contributed by atoms with Gasteiger partial charge in [0.2, 0.25) is 0 Å². The third-order valence-corrected chi connectivity index (χ3v) is 7.51. The van der Waals surface area contributed by atoms with Crippen molar-refractivity contribution in [1.82, 2.24) is 10.2 Å². The first-order valence-electron chi connectivity index (χ1n) is 12.5. The van der Waals surface area contributed by atoms with Crippen molar-refractivity contribution in [3.63, 3.8) is 0 Å². The second kappa shape index (κ2) is 11.2. The van der Waals surface area contributed by atoms with Crippen molar-refractivity contribution in [2.24, 2.45) is 17.8 Å². The maximum atomic E-state index is 14.4. The van der Waals surface area contributed by atoms with Crippen molar-refractivity contribution in [3.8, 4) is 5.75 Å². The summed E-state index contributed by atoms with van der Waals surface area (Å²) in [6.07, 6.45) is -0.780. The molecule has 2 saturated heterocycles. The van der Waals surface area contributed by atoms with E-state index >= 15 is 0 Å². The number of carbonyl (C=O) groups excluding carboxylic acids is 1. The van der Waals surface area contributed by atoms with Crippen LogP contribution in [-0.2, 0) is 4.74 Å². The first-order valence-corrected chi connectivity index (χ1v) is 12.5. The Morgan fingerprint density at radius 1 is 1.14 bits per heavy atom. The molecule has 2 aliphatic heterocycles. The number of nitrogens with one attached hydrogen (secondary N) is 1. The van der Waals surface area contributed by atoms with Crippen molar-refractivity contribution < 1.29 is 40.6 Å². The number of alkyl halides is 5. The van der Waals surface area contributed by atoms with Crippen LogP contribution in [0, 0.1) is 23.6 Å². The van der Waals surface area contributed by atoms with Gasteiger partial charge >= 0.3 is 12.1 Å². The van der Waals surface area contributed by atoms with Crippen molar-refractivity contribution in [1.29, 1.82) is 0 Å². The highest BCUT2D eigenvalue weighted by Gasteiger charge is 2.58. The number of carbonyl (C=O) groups is 1. The molecule has 1 aromatic carbocycles. The zero-order valence-electron chi connectivity index (χ0n) is 20.0. The normalized spacial score (nSPS) is 25.7. The Bertz CT molecular complexity index is 898. The second-order valence-corrected chi connectivity index (χ2v) is 10.1. The molecule has 1 N–H and O–H groups in total. The SMILES string of the molecule is O=C(NCC1CCCO1)c1ccc(OCCC2C[C@@H]2C2CCN(CC(F)(F)C(F)(F)F)CC2)cc1F. The van der Waals surface area contributed by atoms with Crippen LogP contribution in [0.5, 0.6) is 5.75 Å². The number of piperidine rings is 1. The summed E-state index contributed by atoms with van der Waals surface area (Å²) in [5.74, 6) is -4.37. The van der Waals surface area contributed by atoms with Crippen LogP contribution in [0.3, 0.4) is 0 Å². The van der Waals surface area contributed by atoms with Gasteiger partial charge in [-0.05, 0) is 81.5 Å². The van der Waals surface area contributed by atoms with Gasteiger partial charge in [0.15, 0.2) is 0 Å². The standard InChI is InChI=1S/C25H32F6N2O3/c26-22-13-18(3-4-20(22)23(34)32-14-19-2-1-10-35-19)36-11-7-17-12-21(17)16-5-8-33(9-6-16)15-24(27,28)25(29,30)31/h3-4,13,16-17,19,21H,1-2,5-12,14-15H2,(H,32,34)/t17?,19?,21-/m1/s1. The quantitative estimate of drug-likeness (QED) is 0.437. The number of rotatable bonds is 10. The summed E-state index contributed by atoms with van der Waals surface area (Å²) in [7, 11) is 0. The van der Waals surface area contributed by atoms with E-state index in [4.69, 9.17) is 9.47 Å². The van der Waals surface area contributed by atoms with Crippen LogP contribution in [-0.4, -0.2) is 68.4 Å². The number of nitrogens with zero attached hydrogens (tertiary/aromatic N) is 1. The van der Waals surface area contributed by atoms with Crippen LogP contribution in [0.4, 0.5) is 26.3 Å². The highest BCUT2D eigenvalue weighted by Crippen LogP contribution is 2.50. The zero-order valence-corrected chi connectivity index (χ0v) is 20.0. The first kappa shape index (κ1) is 27.0. The molecule has 1 aromatic rings. The Hall–Kier alpha value is -2.01. The third kappa shape index (κ3) is 6.85. The van der Waals surface area contributed by atoms with E-state index in [-0.39, 0.29) is 24.8 Å². The average molecular weight is 523 g/mol. The van der Waals surface area contributed by atoms with E-state index in [1.807, 2.05) is 0 Å². The number of hydrogen-bond acceptors (Lipinski definition) is 4. The van der Waals surface area contributed by atoms with Crippen LogP contribution < -0.4 is 10.1 Å².